The topological polar surface area (TPSA) is 79.3 Å². The fraction of sp³-hybridized carbons (Fsp3) is 0.500. The maximum Gasteiger partial charge on any atom is 0.154 e. The first-order valence-corrected chi connectivity index (χ1v) is 6.90. The maximum atomic E-state index is 11.3. The Balaban J connectivity index is 0.00000144. The second-order valence-electron chi connectivity index (χ2n) is 3.99. The molecule has 2 atom stereocenters. The van der Waals surface area contributed by atoms with Gasteiger partial charge in [0.2, 0.25) is 0 Å². The minimum Gasteiger partial charge on any atom is -0.390 e. The van der Waals surface area contributed by atoms with Gasteiger partial charge in [0.15, 0.2) is 9.84 Å². The summed E-state index contributed by atoms with van der Waals surface area (Å²) in [5.41, 5.74) is 0.971. The number of aliphatic hydroxyl groups is 1. The monoisotopic (exact) mass is 314 g/mol. The molecule has 0 saturated carbocycles. The fourth-order valence-electron chi connectivity index (χ4n) is 1.78. The van der Waals surface area contributed by atoms with E-state index in [0.717, 1.165) is 5.56 Å². The molecule has 8 heteroatoms. The average molecular weight is 315 g/mol. The van der Waals surface area contributed by atoms with Crippen molar-refractivity contribution in [1.82, 2.24) is 10.3 Å². The van der Waals surface area contributed by atoms with E-state index in [4.69, 9.17) is 0 Å². The summed E-state index contributed by atoms with van der Waals surface area (Å²) in [6, 6.07) is 3.35. The average Bonchev–Trinajstić information content (AvgIpc) is 2.50. The van der Waals surface area contributed by atoms with Crippen molar-refractivity contribution in [3.05, 3.63) is 30.1 Å². The van der Waals surface area contributed by atoms with E-state index in [1.807, 2.05) is 12.1 Å². The highest BCUT2D eigenvalue weighted by Crippen LogP contribution is 2.12. The Morgan fingerprint density at radius 3 is 2.61 bits per heavy atom. The summed E-state index contributed by atoms with van der Waals surface area (Å²) >= 11 is 0. The molecule has 0 spiro atoms. The van der Waals surface area contributed by atoms with Gasteiger partial charge in [0.05, 0.1) is 17.6 Å². The predicted octanol–water partition coefficient (Wildman–Crippen LogP) is 0.173. The Bertz CT molecular complexity index is 455. The van der Waals surface area contributed by atoms with Crippen LogP contribution in [0.5, 0.6) is 0 Å². The number of rotatable bonds is 3. The van der Waals surface area contributed by atoms with Crippen molar-refractivity contribution in [2.24, 2.45) is 0 Å². The summed E-state index contributed by atoms with van der Waals surface area (Å²) in [4.78, 5) is 3.96. The lowest BCUT2D eigenvalue weighted by Crippen LogP contribution is -2.38. The maximum absolute atomic E-state index is 11.3. The second kappa shape index (κ2) is 7.25. The van der Waals surface area contributed by atoms with Gasteiger partial charge in [-0.25, -0.2) is 8.42 Å². The van der Waals surface area contributed by atoms with E-state index in [9.17, 15) is 13.5 Å². The van der Waals surface area contributed by atoms with Crippen LogP contribution in [0, 0.1) is 0 Å². The molecule has 0 aromatic carbocycles. The Kier molecular flexibility index (Phi) is 7.09. The van der Waals surface area contributed by atoms with Crippen molar-refractivity contribution >= 4 is 34.7 Å². The van der Waals surface area contributed by atoms with Crippen molar-refractivity contribution < 1.29 is 13.5 Å². The summed E-state index contributed by atoms with van der Waals surface area (Å²) in [5, 5.41) is 12.6. The third-order valence-electron chi connectivity index (χ3n) is 2.61. The highest BCUT2D eigenvalue weighted by Gasteiger charge is 2.35. The molecule has 1 unspecified atom stereocenters. The molecule has 2 heterocycles. The zero-order chi connectivity index (χ0) is 11.6. The standard InChI is InChI=1S/C10H14N2O3S.2ClH/c13-10-7-16(14,15)6-9(10)12-5-8-2-1-3-11-4-8;;/h1-4,9-10,12-13H,5-7H2;2*1H/t9-,10?;;/m0../s1. The molecule has 18 heavy (non-hydrogen) atoms. The summed E-state index contributed by atoms with van der Waals surface area (Å²) in [7, 11) is -3.08. The second-order valence-corrected chi connectivity index (χ2v) is 6.15. The number of pyridine rings is 1. The molecule has 1 saturated heterocycles. The number of aliphatic hydroxyl groups excluding tert-OH is 1. The van der Waals surface area contributed by atoms with Crippen LogP contribution < -0.4 is 5.32 Å². The van der Waals surface area contributed by atoms with E-state index < -0.39 is 15.9 Å². The number of nitrogens with zero attached hydrogens (tertiary/aromatic N) is 1. The molecule has 0 radical (unpaired) electrons. The van der Waals surface area contributed by atoms with Crippen LogP contribution in [0.4, 0.5) is 0 Å². The van der Waals surface area contributed by atoms with Gasteiger partial charge in [-0.2, -0.15) is 0 Å². The molecule has 1 aromatic heterocycles. The Hall–Kier alpha value is -0.400. The normalized spacial score (nSPS) is 24.9. The van der Waals surface area contributed by atoms with Gasteiger partial charge in [0.1, 0.15) is 0 Å². The van der Waals surface area contributed by atoms with Crippen molar-refractivity contribution in [3.63, 3.8) is 0 Å². The van der Waals surface area contributed by atoms with Gasteiger partial charge in [0.25, 0.3) is 0 Å². The minimum absolute atomic E-state index is 0. The summed E-state index contributed by atoms with van der Waals surface area (Å²) in [5.74, 6) is -0.133. The Morgan fingerprint density at radius 2 is 2.11 bits per heavy atom. The molecule has 0 aliphatic carbocycles. The highest BCUT2D eigenvalue weighted by molar-refractivity contribution is 7.91. The molecule has 5 nitrogen and oxygen atoms in total. The number of hydrogen-bond donors (Lipinski definition) is 2. The van der Waals surface area contributed by atoms with E-state index >= 15 is 0 Å². The largest absolute Gasteiger partial charge is 0.390 e. The SMILES string of the molecule is Cl.Cl.O=S1(=O)CC(O)[C@@H](NCc2cccnc2)C1. The summed E-state index contributed by atoms with van der Waals surface area (Å²) in [6.45, 7) is 0.519. The van der Waals surface area contributed by atoms with E-state index in [2.05, 4.69) is 10.3 Å². The quantitative estimate of drug-likeness (QED) is 0.831. The van der Waals surface area contributed by atoms with E-state index in [-0.39, 0.29) is 42.4 Å². The number of halogens is 2. The first-order chi connectivity index (χ1) is 7.57. The van der Waals surface area contributed by atoms with Gasteiger partial charge < -0.3 is 10.4 Å². The van der Waals surface area contributed by atoms with Crippen molar-refractivity contribution in [3.8, 4) is 0 Å². The van der Waals surface area contributed by atoms with Crippen LogP contribution in [0.3, 0.4) is 0 Å². The van der Waals surface area contributed by atoms with Crippen LogP contribution in [-0.2, 0) is 16.4 Å². The molecule has 2 rings (SSSR count). The Labute approximate surface area is 119 Å². The highest BCUT2D eigenvalue weighted by atomic mass is 35.5. The fourth-order valence-corrected chi connectivity index (χ4v) is 3.55. The molecular weight excluding hydrogens is 299 g/mol. The van der Waals surface area contributed by atoms with Gasteiger partial charge in [-0.1, -0.05) is 6.07 Å². The molecule has 0 amide bonds. The van der Waals surface area contributed by atoms with Crippen molar-refractivity contribution in [2.75, 3.05) is 11.5 Å². The van der Waals surface area contributed by atoms with Crippen LogP contribution in [-0.4, -0.2) is 42.2 Å². The lowest BCUT2D eigenvalue weighted by atomic mass is 10.2. The van der Waals surface area contributed by atoms with Crippen LogP contribution in [0.1, 0.15) is 5.56 Å². The molecule has 1 fully saturated rings. The molecule has 0 bridgehead atoms. The van der Waals surface area contributed by atoms with Gasteiger partial charge in [-0.15, -0.1) is 24.8 Å². The minimum atomic E-state index is -3.08. The zero-order valence-corrected chi connectivity index (χ0v) is 12.0. The molecule has 104 valence electrons. The number of nitrogens with one attached hydrogen (secondary N) is 1. The first-order valence-electron chi connectivity index (χ1n) is 5.07. The zero-order valence-electron chi connectivity index (χ0n) is 9.52. The first kappa shape index (κ1) is 17.6. The smallest absolute Gasteiger partial charge is 0.154 e. The molecule has 1 aliphatic rings. The molecule has 1 aromatic rings. The lowest BCUT2D eigenvalue weighted by molar-refractivity contribution is 0.165. The predicted molar refractivity (Wildman–Crippen MR) is 74.0 cm³/mol. The Morgan fingerprint density at radius 1 is 1.39 bits per heavy atom. The van der Waals surface area contributed by atoms with E-state index in [0.29, 0.717) is 6.54 Å². The van der Waals surface area contributed by atoms with Crippen LogP contribution in [0.2, 0.25) is 0 Å². The summed E-state index contributed by atoms with van der Waals surface area (Å²) in [6.07, 6.45) is 2.59. The van der Waals surface area contributed by atoms with Crippen LogP contribution in [0.25, 0.3) is 0 Å². The van der Waals surface area contributed by atoms with Gasteiger partial charge in [-0.05, 0) is 11.6 Å². The van der Waals surface area contributed by atoms with Crippen molar-refractivity contribution in [2.45, 2.75) is 18.7 Å². The van der Waals surface area contributed by atoms with Crippen LogP contribution in [0.15, 0.2) is 24.5 Å². The van der Waals surface area contributed by atoms with E-state index in [1.165, 1.54) is 0 Å². The molecule has 2 N–H and O–H groups in total. The van der Waals surface area contributed by atoms with Gasteiger partial charge >= 0.3 is 0 Å². The van der Waals surface area contributed by atoms with Gasteiger partial charge in [-0.3, -0.25) is 4.98 Å². The number of hydrogen-bond acceptors (Lipinski definition) is 5. The lowest BCUT2D eigenvalue weighted by Gasteiger charge is -2.14. The number of sulfone groups is 1. The third-order valence-corrected chi connectivity index (χ3v) is 4.33. The summed E-state index contributed by atoms with van der Waals surface area (Å²) < 4.78 is 22.5. The van der Waals surface area contributed by atoms with Crippen molar-refractivity contribution in [1.29, 1.82) is 0 Å². The molecular formula is C10H16Cl2N2O3S. The van der Waals surface area contributed by atoms with E-state index in [1.54, 1.807) is 12.4 Å². The van der Waals surface area contributed by atoms with Crippen LogP contribution >= 0.6 is 24.8 Å². The third kappa shape index (κ3) is 4.70. The molecule has 1 aliphatic heterocycles. The van der Waals surface area contributed by atoms with Gasteiger partial charge in [0, 0.05) is 25.0 Å². The number of aromatic nitrogens is 1.